The highest BCUT2D eigenvalue weighted by atomic mass is 19.1. The van der Waals surface area contributed by atoms with E-state index in [2.05, 4.69) is 12.2 Å². The van der Waals surface area contributed by atoms with Crippen LogP contribution in [0, 0.1) is 5.82 Å². The van der Waals surface area contributed by atoms with Gasteiger partial charge in [-0.2, -0.15) is 0 Å². The molecule has 130 valence electrons. The number of fused-ring (bicyclic) bond motifs is 1. The number of cyclic esters (lactones) is 1. The highest BCUT2D eigenvalue weighted by Crippen LogP contribution is 2.31. The van der Waals surface area contributed by atoms with E-state index in [9.17, 15) is 14.0 Å². The van der Waals surface area contributed by atoms with Gasteiger partial charge in [0, 0.05) is 18.5 Å². The molecule has 0 aliphatic carbocycles. The minimum absolute atomic E-state index is 0.145. The summed E-state index contributed by atoms with van der Waals surface area (Å²) in [5.41, 5.74) is 2.51. The topological polar surface area (TPSA) is 55.4 Å². The number of ether oxygens (including phenoxy) is 1. The monoisotopic (exact) mass is 341 g/mol. The first-order valence-electron chi connectivity index (χ1n) is 8.46. The average Bonchev–Trinajstić information content (AvgIpc) is 2.62. The van der Waals surface area contributed by atoms with Crippen molar-refractivity contribution in [3.8, 4) is 0 Å². The van der Waals surface area contributed by atoms with Gasteiger partial charge in [-0.05, 0) is 47.9 Å². The third kappa shape index (κ3) is 3.87. The summed E-state index contributed by atoms with van der Waals surface area (Å²) in [5, 5.41) is 2.87. The Labute approximate surface area is 146 Å². The summed E-state index contributed by atoms with van der Waals surface area (Å²) in [6.45, 7) is 2.69. The second kappa shape index (κ2) is 7.47. The molecule has 1 heterocycles. The van der Waals surface area contributed by atoms with Crippen molar-refractivity contribution in [1.82, 2.24) is 5.32 Å². The molecule has 2 aromatic rings. The fraction of sp³-hybridized carbons (Fsp3) is 0.300. The number of benzene rings is 2. The van der Waals surface area contributed by atoms with Gasteiger partial charge in [-0.3, -0.25) is 4.79 Å². The van der Waals surface area contributed by atoms with E-state index in [1.165, 1.54) is 12.1 Å². The molecule has 0 aromatic heterocycles. The lowest BCUT2D eigenvalue weighted by Crippen LogP contribution is -2.26. The molecule has 0 fully saturated rings. The lowest BCUT2D eigenvalue weighted by Gasteiger charge is -2.25. The van der Waals surface area contributed by atoms with Gasteiger partial charge in [0.1, 0.15) is 11.9 Å². The molecule has 1 atom stereocenters. The zero-order valence-corrected chi connectivity index (χ0v) is 14.0. The molecule has 2 aromatic carbocycles. The van der Waals surface area contributed by atoms with E-state index in [1.807, 2.05) is 0 Å². The van der Waals surface area contributed by atoms with Gasteiger partial charge in [0.05, 0.1) is 5.56 Å². The lowest BCUT2D eigenvalue weighted by atomic mass is 9.93. The fourth-order valence-corrected chi connectivity index (χ4v) is 2.88. The van der Waals surface area contributed by atoms with Crippen molar-refractivity contribution in [2.45, 2.75) is 32.3 Å². The first-order valence-corrected chi connectivity index (χ1v) is 8.46. The lowest BCUT2D eigenvalue weighted by molar-refractivity contribution is 0.0252. The van der Waals surface area contributed by atoms with Gasteiger partial charge in [-0.1, -0.05) is 25.5 Å². The highest BCUT2D eigenvalue weighted by molar-refractivity contribution is 5.97. The normalized spacial score (nSPS) is 16.1. The van der Waals surface area contributed by atoms with E-state index in [0.29, 0.717) is 24.1 Å². The second-order valence-electron chi connectivity index (χ2n) is 6.13. The molecule has 1 N–H and O–H groups in total. The maximum absolute atomic E-state index is 13.1. The predicted molar refractivity (Wildman–Crippen MR) is 91.9 cm³/mol. The maximum atomic E-state index is 13.1. The molecule has 1 aliphatic rings. The van der Waals surface area contributed by atoms with Gasteiger partial charge in [-0.15, -0.1) is 0 Å². The minimum Gasteiger partial charge on any atom is -0.454 e. The zero-order chi connectivity index (χ0) is 17.8. The van der Waals surface area contributed by atoms with E-state index in [4.69, 9.17) is 4.74 Å². The van der Waals surface area contributed by atoms with Gasteiger partial charge in [0.15, 0.2) is 0 Å². The molecule has 0 radical (unpaired) electrons. The van der Waals surface area contributed by atoms with Gasteiger partial charge in [0.25, 0.3) is 5.91 Å². The van der Waals surface area contributed by atoms with Crippen molar-refractivity contribution in [2.24, 2.45) is 0 Å². The minimum atomic E-state index is -0.473. The molecule has 1 amide bonds. The number of amides is 1. The molecule has 25 heavy (non-hydrogen) atoms. The maximum Gasteiger partial charge on any atom is 0.339 e. The molecule has 0 unspecified atom stereocenters. The Bertz CT molecular complexity index is 786. The number of carbonyl (C=O) groups excluding carboxylic acids is 2. The Balaban J connectivity index is 1.81. The number of halogens is 1. The Kier molecular flexibility index (Phi) is 5.12. The molecule has 4 nitrogen and oxygen atoms in total. The third-order valence-corrected chi connectivity index (χ3v) is 4.30. The van der Waals surface area contributed by atoms with Crippen molar-refractivity contribution >= 4 is 11.9 Å². The van der Waals surface area contributed by atoms with Crippen LogP contribution in [0.2, 0.25) is 0 Å². The summed E-state index contributed by atoms with van der Waals surface area (Å²) in [6, 6.07) is 10.9. The van der Waals surface area contributed by atoms with Crippen molar-refractivity contribution in [2.75, 3.05) is 6.54 Å². The van der Waals surface area contributed by atoms with E-state index < -0.39 is 12.1 Å². The molecular weight excluding hydrogens is 321 g/mol. The Morgan fingerprint density at radius 1 is 1.24 bits per heavy atom. The van der Waals surface area contributed by atoms with Crippen LogP contribution < -0.4 is 5.32 Å². The summed E-state index contributed by atoms with van der Waals surface area (Å²) >= 11 is 0. The standard InChI is InChI=1S/C20H20FNO3/c1-2-3-10-22-19(23)14-6-9-17-15(11-14)12-18(25-20(17)24)13-4-7-16(21)8-5-13/h4-9,11,18H,2-3,10,12H2,1H3,(H,22,23)/t18-/m1/s1. The molecule has 1 aliphatic heterocycles. The Morgan fingerprint density at radius 3 is 2.72 bits per heavy atom. The average molecular weight is 341 g/mol. The molecule has 0 bridgehead atoms. The predicted octanol–water partition coefficient (Wildman–Crippen LogP) is 3.81. The van der Waals surface area contributed by atoms with Crippen LogP contribution in [-0.4, -0.2) is 18.4 Å². The van der Waals surface area contributed by atoms with Crippen LogP contribution in [0.4, 0.5) is 4.39 Å². The fourth-order valence-electron chi connectivity index (χ4n) is 2.88. The van der Waals surface area contributed by atoms with Crippen molar-refractivity contribution < 1.29 is 18.7 Å². The van der Waals surface area contributed by atoms with Gasteiger partial charge < -0.3 is 10.1 Å². The number of hydrogen-bond acceptors (Lipinski definition) is 3. The summed E-state index contributed by atoms with van der Waals surface area (Å²) in [5.74, 6) is -0.903. The molecule has 0 saturated heterocycles. The summed E-state index contributed by atoms with van der Waals surface area (Å²) < 4.78 is 18.5. The molecule has 0 saturated carbocycles. The Hall–Kier alpha value is -2.69. The summed E-state index contributed by atoms with van der Waals surface area (Å²) in [4.78, 5) is 24.4. The van der Waals surface area contributed by atoms with E-state index in [-0.39, 0.29) is 11.7 Å². The molecule has 3 rings (SSSR count). The van der Waals surface area contributed by atoms with E-state index in [0.717, 1.165) is 24.0 Å². The number of carbonyl (C=O) groups is 2. The first-order chi connectivity index (χ1) is 12.1. The zero-order valence-electron chi connectivity index (χ0n) is 14.0. The smallest absolute Gasteiger partial charge is 0.339 e. The molecule has 5 heteroatoms. The summed E-state index contributed by atoms with van der Waals surface area (Å²) in [7, 11) is 0. The number of unbranched alkanes of at least 4 members (excludes halogenated alkanes) is 1. The van der Waals surface area contributed by atoms with Crippen LogP contribution in [0.5, 0.6) is 0 Å². The van der Waals surface area contributed by atoms with E-state index >= 15 is 0 Å². The largest absolute Gasteiger partial charge is 0.454 e. The number of rotatable bonds is 5. The SMILES string of the molecule is CCCCNC(=O)c1ccc2c(c1)C[C@H](c1ccc(F)cc1)OC2=O. The van der Waals surface area contributed by atoms with E-state index in [1.54, 1.807) is 30.3 Å². The van der Waals surface area contributed by atoms with Crippen LogP contribution in [0.25, 0.3) is 0 Å². The highest BCUT2D eigenvalue weighted by Gasteiger charge is 2.28. The number of esters is 1. The first kappa shape index (κ1) is 17.1. The van der Waals surface area contributed by atoms with Crippen LogP contribution >= 0.6 is 0 Å². The van der Waals surface area contributed by atoms with Crippen molar-refractivity contribution in [1.29, 1.82) is 0 Å². The molecule has 0 spiro atoms. The third-order valence-electron chi connectivity index (χ3n) is 4.30. The second-order valence-corrected chi connectivity index (χ2v) is 6.13. The molecular formula is C20H20FNO3. The number of nitrogens with one attached hydrogen (secondary N) is 1. The summed E-state index contributed by atoms with van der Waals surface area (Å²) in [6.07, 6.45) is 1.92. The Morgan fingerprint density at radius 2 is 2.00 bits per heavy atom. The van der Waals surface area contributed by atoms with Crippen molar-refractivity contribution in [3.63, 3.8) is 0 Å². The van der Waals surface area contributed by atoms with Crippen LogP contribution in [0.15, 0.2) is 42.5 Å². The van der Waals surface area contributed by atoms with Crippen LogP contribution in [0.1, 0.15) is 57.7 Å². The van der Waals surface area contributed by atoms with Crippen molar-refractivity contribution in [3.05, 3.63) is 70.5 Å². The van der Waals surface area contributed by atoms with Crippen LogP contribution in [0.3, 0.4) is 0 Å². The van der Waals surface area contributed by atoms with Gasteiger partial charge >= 0.3 is 5.97 Å². The van der Waals surface area contributed by atoms with Gasteiger partial charge in [0.2, 0.25) is 0 Å². The van der Waals surface area contributed by atoms with Crippen LogP contribution in [-0.2, 0) is 11.2 Å². The number of hydrogen-bond donors (Lipinski definition) is 1. The van der Waals surface area contributed by atoms with Gasteiger partial charge in [-0.25, -0.2) is 9.18 Å². The quantitative estimate of drug-likeness (QED) is 0.665.